The molecule has 0 spiro atoms. The van der Waals surface area contributed by atoms with Gasteiger partial charge in [-0.1, -0.05) is 173 Å². The molecule has 6 aromatic carbocycles. The summed E-state index contributed by atoms with van der Waals surface area (Å²) >= 11 is 0. The number of aromatic hydroxyl groups is 1. The molecule has 0 bridgehead atoms. The van der Waals surface area contributed by atoms with Crippen molar-refractivity contribution in [1.82, 2.24) is 14.5 Å². The van der Waals surface area contributed by atoms with Crippen molar-refractivity contribution in [3.8, 4) is 67.5 Å². The van der Waals surface area contributed by atoms with Crippen molar-refractivity contribution in [2.75, 3.05) is 0 Å². The molecule has 0 fully saturated rings. The summed E-state index contributed by atoms with van der Waals surface area (Å²) in [5, 5.41) is 12.6. The molecule has 0 radical (unpaired) electrons. The van der Waals surface area contributed by atoms with E-state index >= 15 is 0 Å². The van der Waals surface area contributed by atoms with E-state index in [-0.39, 0.29) is 59.6 Å². The van der Waals surface area contributed by atoms with E-state index in [1.165, 1.54) is 17.7 Å². The van der Waals surface area contributed by atoms with Crippen LogP contribution in [-0.4, -0.2) is 19.6 Å². The van der Waals surface area contributed by atoms with Gasteiger partial charge >= 0.3 is 0 Å². The second kappa shape index (κ2) is 17.3. The Hall–Kier alpha value is -5.57. The first-order valence-electron chi connectivity index (χ1n) is 25.2. The fourth-order valence-corrected chi connectivity index (χ4v) is 8.36. The SMILES string of the molecule is [2H]C([2H])([2H])c1ccc(-c2ccnc(-c3[c-]c(-c4cccc5c4nc(-c4cc(C(C)(C)C)cc(C(C)(C)C)c4O)n5-c4ccc(C(C)(C)C)cc4-c4ccccc4)cc(C(C)(C)C)c3)c2)cc1C([2H])([2H])[2H].[Pt]. The Labute approximate surface area is 410 Å². The second-order valence-electron chi connectivity index (χ2n) is 21.3. The first-order chi connectivity index (χ1) is 32.4. The van der Waals surface area contributed by atoms with Crippen LogP contribution < -0.4 is 0 Å². The predicted octanol–water partition coefficient (Wildman–Crippen LogP) is 16.1. The van der Waals surface area contributed by atoms with Gasteiger partial charge in [-0.2, -0.15) is 0 Å². The summed E-state index contributed by atoms with van der Waals surface area (Å²) in [6.07, 6.45) is 1.68. The first kappa shape index (κ1) is 39.8. The average molecular weight is 1040 g/mol. The monoisotopic (exact) mass is 1040 g/mol. The number of fused-ring (bicyclic) bond motifs is 1. The third-order valence-electron chi connectivity index (χ3n) is 12.3. The number of para-hydroxylation sites is 1. The molecule has 0 aliphatic carbocycles. The number of phenolic OH excluding ortho intramolecular Hbond substituents is 1. The van der Waals surface area contributed by atoms with Crippen LogP contribution in [0.4, 0.5) is 0 Å². The van der Waals surface area contributed by atoms with Crippen LogP contribution in [0.15, 0.2) is 128 Å². The minimum atomic E-state index is -2.63. The topological polar surface area (TPSA) is 50.9 Å². The summed E-state index contributed by atoms with van der Waals surface area (Å²) in [7, 11) is 0. The van der Waals surface area contributed by atoms with Crippen molar-refractivity contribution in [3.05, 3.63) is 167 Å². The Bertz CT molecular complexity index is 3290. The molecule has 0 saturated carbocycles. The molecule has 0 atom stereocenters. The quantitative estimate of drug-likeness (QED) is 0.169. The van der Waals surface area contributed by atoms with Gasteiger partial charge in [0.15, 0.2) is 0 Å². The Kier molecular flexibility index (Phi) is 10.6. The fraction of sp³-hybridized carbons (Fsp3) is 0.300. The van der Waals surface area contributed by atoms with Gasteiger partial charge in [0.1, 0.15) is 11.6 Å². The van der Waals surface area contributed by atoms with Gasteiger partial charge in [-0.3, -0.25) is 9.55 Å². The number of aromatic nitrogens is 3. The number of hydrogen-bond acceptors (Lipinski definition) is 3. The van der Waals surface area contributed by atoms with E-state index in [0.29, 0.717) is 28.2 Å². The van der Waals surface area contributed by atoms with Gasteiger partial charge in [-0.25, -0.2) is 4.98 Å². The molecule has 336 valence electrons. The van der Waals surface area contributed by atoms with Crippen LogP contribution in [0.25, 0.3) is 72.7 Å². The van der Waals surface area contributed by atoms with Crippen LogP contribution in [0.1, 0.15) is 125 Å². The van der Waals surface area contributed by atoms with Crippen molar-refractivity contribution in [3.63, 3.8) is 0 Å². The van der Waals surface area contributed by atoms with Crippen LogP contribution in [0, 0.1) is 19.8 Å². The minimum Gasteiger partial charge on any atom is -0.507 e. The van der Waals surface area contributed by atoms with Gasteiger partial charge in [0.25, 0.3) is 0 Å². The molecule has 0 saturated heterocycles. The standard InChI is InChI=1S/C60H64N3O.Pt/c1-37-23-24-40(29-38(37)2)41-27-28-61-51(33-41)43-30-42(31-45(32-43)58(6,7)8)47-21-18-22-53-54(47)62-56(49-35-46(59(9,10)11)36-50(55(49)64)60(12,13)14)63(53)52-26-25-44(57(3,4)5)34-48(52)39-19-16-15-17-20-39;/h15-29,31-36,64H,1-14H3;/q-1;/i1D3,2D3;. The van der Waals surface area contributed by atoms with E-state index in [1.54, 1.807) is 18.3 Å². The maximum Gasteiger partial charge on any atom is 0.148 e. The summed E-state index contributed by atoms with van der Waals surface area (Å²) in [6.45, 7) is 20.9. The molecule has 5 heteroatoms. The van der Waals surface area contributed by atoms with Gasteiger partial charge in [0.2, 0.25) is 0 Å². The van der Waals surface area contributed by atoms with Gasteiger partial charge in [0, 0.05) is 52.3 Å². The summed E-state index contributed by atoms with van der Waals surface area (Å²) in [4.78, 5) is 10.5. The molecule has 4 nitrogen and oxygen atoms in total. The van der Waals surface area contributed by atoms with Crippen molar-refractivity contribution in [2.24, 2.45) is 0 Å². The number of pyridine rings is 1. The van der Waals surface area contributed by atoms with Crippen LogP contribution in [0.3, 0.4) is 0 Å². The Morgan fingerprint density at radius 1 is 0.538 bits per heavy atom. The second-order valence-corrected chi connectivity index (χ2v) is 21.3. The number of rotatable bonds is 6. The van der Waals surface area contributed by atoms with Crippen LogP contribution >= 0.6 is 0 Å². The number of phenols is 1. The van der Waals surface area contributed by atoms with Gasteiger partial charge in [-0.15, -0.1) is 29.3 Å². The Balaban J connectivity index is 0.00000741. The van der Waals surface area contributed by atoms with Crippen LogP contribution in [0.2, 0.25) is 0 Å². The molecule has 0 amide bonds. The minimum absolute atomic E-state index is 0. The van der Waals surface area contributed by atoms with Gasteiger partial charge in [-0.05, 0) is 105 Å². The van der Waals surface area contributed by atoms with E-state index in [1.807, 2.05) is 12.1 Å². The zero-order valence-corrected chi connectivity index (χ0v) is 42.0. The first-order valence-corrected chi connectivity index (χ1v) is 22.2. The molecule has 8 rings (SSSR count). The molecule has 8 aromatic rings. The maximum absolute atomic E-state index is 12.6. The van der Waals surface area contributed by atoms with Crippen molar-refractivity contribution in [1.29, 1.82) is 0 Å². The van der Waals surface area contributed by atoms with Crippen LogP contribution in [-0.2, 0) is 42.7 Å². The van der Waals surface area contributed by atoms with Crippen molar-refractivity contribution >= 4 is 11.0 Å². The molecule has 0 aliphatic rings. The van der Waals surface area contributed by atoms with Gasteiger partial charge < -0.3 is 5.11 Å². The molecule has 1 N–H and O–H groups in total. The van der Waals surface area contributed by atoms with E-state index < -0.39 is 13.7 Å². The Morgan fingerprint density at radius 3 is 1.85 bits per heavy atom. The zero-order valence-electron chi connectivity index (χ0n) is 45.7. The number of imidazole rings is 1. The smallest absolute Gasteiger partial charge is 0.148 e. The molecular formula is C60H64N3OPt-. The molecule has 0 aliphatic heterocycles. The number of aryl methyl sites for hydroxylation is 2. The largest absolute Gasteiger partial charge is 0.507 e. The predicted molar refractivity (Wildman–Crippen MR) is 271 cm³/mol. The number of nitrogens with zero attached hydrogens (tertiary/aromatic N) is 3. The third-order valence-corrected chi connectivity index (χ3v) is 12.3. The summed E-state index contributed by atoms with van der Waals surface area (Å²) in [5.41, 5.74) is 12.2. The molecule has 2 heterocycles. The number of hydrogen-bond donors (Lipinski definition) is 1. The average Bonchev–Trinajstić information content (AvgIpc) is 3.66. The summed E-state index contributed by atoms with van der Waals surface area (Å²) in [6, 6.07) is 43.8. The van der Waals surface area contributed by atoms with E-state index in [9.17, 15) is 5.11 Å². The molecular weight excluding hydrogens is 974 g/mol. The maximum atomic E-state index is 12.6. The number of benzene rings is 6. The van der Waals surface area contributed by atoms with E-state index in [4.69, 9.17) is 18.2 Å². The summed E-state index contributed by atoms with van der Waals surface area (Å²) < 4.78 is 50.9. The van der Waals surface area contributed by atoms with Crippen molar-refractivity contribution < 1.29 is 34.4 Å². The van der Waals surface area contributed by atoms with Crippen molar-refractivity contribution in [2.45, 2.75) is 118 Å². The molecule has 65 heavy (non-hydrogen) atoms. The fourth-order valence-electron chi connectivity index (χ4n) is 8.36. The van der Waals surface area contributed by atoms with E-state index in [0.717, 1.165) is 61.2 Å². The molecule has 0 unspecified atom stereocenters. The van der Waals surface area contributed by atoms with Crippen LogP contribution in [0.5, 0.6) is 5.75 Å². The third kappa shape index (κ3) is 9.43. The molecule has 2 aromatic heterocycles. The normalized spacial score (nSPS) is 14.2. The summed E-state index contributed by atoms with van der Waals surface area (Å²) in [5.74, 6) is 0.805. The van der Waals surface area contributed by atoms with E-state index in [2.05, 4.69) is 179 Å². The zero-order chi connectivity index (χ0) is 51.1. The van der Waals surface area contributed by atoms with Gasteiger partial charge in [0.05, 0.1) is 22.3 Å². The Morgan fingerprint density at radius 2 is 1.18 bits per heavy atom.